The number of benzene rings is 1. The van der Waals surface area contributed by atoms with Crippen LogP contribution in [0, 0.1) is 16.0 Å². The maximum atomic E-state index is 13.3. The fourth-order valence-corrected chi connectivity index (χ4v) is 3.70. The van der Waals surface area contributed by atoms with Gasteiger partial charge in [-0.1, -0.05) is 19.9 Å². The van der Waals surface area contributed by atoms with Crippen molar-refractivity contribution < 1.29 is 27.7 Å². The van der Waals surface area contributed by atoms with Crippen molar-refractivity contribution in [3.8, 4) is 0 Å². The number of anilines is 1. The van der Waals surface area contributed by atoms with Gasteiger partial charge in [-0.05, 0) is 24.1 Å². The predicted molar refractivity (Wildman–Crippen MR) is 117 cm³/mol. The minimum Gasteiger partial charge on any atom is -0.353 e. The van der Waals surface area contributed by atoms with E-state index in [1.807, 2.05) is 0 Å². The quantitative estimate of drug-likeness (QED) is 0.504. The van der Waals surface area contributed by atoms with Crippen LogP contribution >= 0.6 is 0 Å². The molecular weight excluding hydrogens is 455 g/mol. The largest absolute Gasteiger partial charge is 0.419 e. The van der Waals surface area contributed by atoms with Crippen LogP contribution in [0.15, 0.2) is 42.6 Å². The Morgan fingerprint density at radius 3 is 2.38 bits per heavy atom. The molecule has 2 amide bonds. The number of carbonyl (C=O) groups is 2. The molecule has 1 atom stereocenters. The van der Waals surface area contributed by atoms with Crippen molar-refractivity contribution in [2.24, 2.45) is 5.92 Å². The maximum Gasteiger partial charge on any atom is 0.419 e. The molecule has 1 aliphatic rings. The second-order valence-corrected chi connectivity index (χ2v) is 8.19. The number of carbonyl (C=O) groups excluding carboxylic acids is 2. The Labute approximate surface area is 193 Å². The summed E-state index contributed by atoms with van der Waals surface area (Å²) in [5, 5.41) is 13.6. The first-order chi connectivity index (χ1) is 16.0. The van der Waals surface area contributed by atoms with Gasteiger partial charge in [0.1, 0.15) is 11.9 Å². The third-order valence-corrected chi connectivity index (χ3v) is 5.52. The molecule has 3 rings (SSSR count). The van der Waals surface area contributed by atoms with E-state index in [-0.39, 0.29) is 55.1 Å². The Kier molecular flexibility index (Phi) is 7.38. The van der Waals surface area contributed by atoms with Gasteiger partial charge in [0.05, 0.1) is 10.5 Å². The molecule has 2 aromatic rings. The van der Waals surface area contributed by atoms with Gasteiger partial charge in [0.15, 0.2) is 0 Å². The van der Waals surface area contributed by atoms with Crippen LogP contribution < -0.4 is 10.2 Å². The standard InChI is InChI=1S/C22H24F3N5O4/c1-14(2)18(27-20(31)15-5-3-6-16(13-15)30(33)34)21(32)29-11-9-28(10-12-29)19-17(22(23,24)25)7-4-8-26-19/h3-8,13-14,18H,9-12H2,1-2H3,(H,27,31). The molecule has 0 saturated carbocycles. The molecule has 1 unspecified atom stereocenters. The Morgan fingerprint density at radius 2 is 1.79 bits per heavy atom. The monoisotopic (exact) mass is 479 g/mol. The third-order valence-electron chi connectivity index (χ3n) is 5.52. The molecule has 1 fully saturated rings. The zero-order valence-corrected chi connectivity index (χ0v) is 18.6. The summed E-state index contributed by atoms with van der Waals surface area (Å²) in [7, 11) is 0. The van der Waals surface area contributed by atoms with E-state index in [0.717, 1.165) is 12.1 Å². The Morgan fingerprint density at radius 1 is 1.12 bits per heavy atom. The average molecular weight is 479 g/mol. The smallest absolute Gasteiger partial charge is 0.353 e. The van der Waals surface area contributed by atoms with E-state index in [4.69, 9.17) is 0 Å². The number of non-ortho nitro benzene ring substituents is 1. The molecule has 12 heteroatoms. The highest BCUT2D eigenvalue weighted by Crippen LogP contribution is 2.35. The zero-order valence-electron chi connectivity index (χ0n) is 18.6. The highest BCUT2D eigenvalue weighted by molar-refractivity contribution is 5.98. The normalized spacial score (nSPS) is 15.2. The number of halogens is 3. The molecular formula is C22H24F3N5O4. The van der Waals surface area contributed by atoms with E-state index in [0.29, 0.717) is 0 Å². The number of aromatic nitrogens is 1. The number of amides is 2. The van der Waals surface area contributed by atoms with Crippen molar-refractivity contribution in [3.05, 3.63) is 63.8 Å². The number of nitrogens with zero attached hydrogens (tertiary/aromatic N) is 4. The first-order valence-electron chi connectivity index (χ1n) is 10.6. The second kappa shape index (κ2) is 10.1. The van der Waals surface area contributed by atoms with Crippen molar-refractivity contribution in [1.29, 1.82) is 0 Å². The van der Waals surface area contributed by atoms with Gasteiger partial charge in [0, 0.05) is 50.1 Å². The van der Waals surface area contributed by atoms with Gasteiger partial charge in [0.2, 0.25) is 5.91 Å². The van der Waals surface area contributed by atoms with Crippen LogP contribution in [0.1, 0.15) is 29.8 Å². The Balaban J connectivity index is 1.68. The van der Waals surface area contributed by atoms with Gasteiger partial charge in [-0.2, -0.15) is 13.2 Å². The summed E-state index contributed by atoms with van der Waals surface area (Å²) in [4.78, 5) is 43.0. The number of rotatable bonds is 6. The van der Waals surface area contributed by atoms with E-state index >= 15 is 0 Å². The predicted octanol–water partition coefficient (Wildman–Crippen LogP) is 3.11. The van der Waals surface area contributed by atoms with E-state index in [1.54, 1.807) is 13.8 Å². The summed E-state index contributed by atoms with van der Waals surface area (Å²) in [6, 6.07) is 6.47. The van der Waals surface area contributed by atoms with Gasteiger partial charge < -0.3 is 15.1 Å². The lowest BCUT2D eigenvalue weighted by Crippen LogP contribution is -2.56. The van der Waals surface area contributed by atoms with E-state index in [1.165, 1.54) is 40.3 Å². The molecule has 182 valence electrons. The molecule has 34 heavy (non-hydrogen) atoms. The van der Waals surface area contributed by atoms with Crippen molar-refractivity contribution in [1.82, 2.24) is 15.2 Å². The van der Waals surface area contributed by atoms with Crippen LogP contribution in [-0.2, 0) is 11.0 Å². The highest BCUT2D eigenvalue weighted by Gasteiger charge is 2.37. The average Bonchev–Trinajstić information content (AvgIpc) is 2.81. The van der Waals surface area contributed by atoms with Crippen molar-refractivity contribution in [3.63, 3.8) is 0 Å². The van der Waals surface area contributed by atoms with Crippen molar-refractivity contribution >= 4 is 23.3 Å². The molecule has 1 aliphatic heterocycles. The molecule has 1 N–H and O–H groups in total. The number of alkyl halides is 3. The summed E-state index contributed by atoms with van der Waals surface area (Å²) in [6.45, 7) is 4.10. The molecule has 0 spiro atoms. The molecule has 1 aromatic carbocycles. The number of nitrogens with one attached hydrogen (secondary N) is 1. The summed E-state index contributed by atoms with van der Waals surface area (Å²) in [6.07, 6.45) is -3.25. The Hall–Kier alpha value is -3.70. The lowest BCUT2D eigenvalue weighted by Gasteiger charge is -2.38. The van der Waals surface area contributed by atoms with Gasteiger partial charge >= 0.3 is 6.18 Å². The van der Waals surface area contributed by atoms with E-state index in [9.17, 15) is 32.9 Å². The maximum absolute atomic E-state index is 13.3. The van der Waals surface area contributed by atoms with Gasteiger partial charge in [-0.15, -0.1) is 0 Å². The van der Waals surface area contributed by atoms with Crippen LogP contribution in [0.25, 0.3) is 0 Å². The van der Waals surface area contributed by atoms with Gasteiger partial charge in [-0.25, -0.2) is 4.98 Å². The topological polar surface area (TPSA) is 109 Å². The lowest BCUT2D eigenvalue weighted by atomic mass is 10.0. The molecule has 0 aliphatic carbocycles. The number of pyridine rings is 1. The van der Waals surface area contributed by atoms with Crippen LogP contribution in [-0.4, -0.2) is 58.8 Å². The summed E-state index contributed by atoms with van der Waals surface area (Å²) >= 11 is 0. The van der Waals surface area contributed by atoms with E-state index in [2.05, 4.69) is 10.3 Å². The molecule has 0 bridgehead atoms. The fraction of sp³-hybridized carbons (Fsp3) is 0.409. The first kappa shape index (κ1) is 24.9. The summed E-state index contributed by atoms with van der Waals surface area (Å²) in [5.74, 6) is -1.47. The first-order valence-corrected chi connectivity index (χ1v) is 10.6. The molecule has 1 aromatic heterocycles. The SMILES string of the molecule is CC(C)C(NC(=O)c1cccc([N+](=O)[O-])c1)C(=O)N1CCN(c2ncccc2C(F)(F)F)CC1. The van der Waals surface area contributed by atoms with Gasteiger partial charge in [0.25, 0.3) is 11.6 Å². The van der Waals surface area contributed by atoms with Crippen LogP contribution in [0.2, 0.25) is 0 Å². The molecule has 9 nitrogen and oxygen atoms in total. The number of piperazine rings is 1. The van der Waals surface area contributed by atoms with Crippen LogP contribution in [0.5, 0.6) is 0 Å². The van der Waals surface area contributed by atoms with E-state index < -0.39 is 28.6 Å². The second-order valence-electron chi connectivity index (χ2n) is 8.19. The molecule has 2 heterocycles. The van der Waals surface area contributed by atoms with Crippen LogP contribution in [0.4, 0.5) is 24.7 Å². The summed E-state index contributed by atoms with van der Waals surface area (Å²) < 4.78 is 40.0. The number of hydrogen-bond acceptors (Lipinski definition) is 6. The van der Waals surface area contributed by atoms with Crippen molar-refractivity contribution in [2.75, 3.05) is 31.1 Å². The zero-order chi connectivity index (χ0) is 25.0. The Bertz CT molecular complexity index is 1070. The van der Waals surface area contributed by atoms with Crippen LogP contribution in [0.3, 0.4) is 0 Å². The molecule has 1 saturated heterocycles. The number of nitro benzene ring substituents is 1. The summed E-state index contributed by atoms with van der Waals surface area (Å²) in [5.41, 5.74) is -1.03. The third kappa shape index (κ3) is 5.61. The number of hydrogen-bond donors (Lipinski definition) is 1. The minimum atomic E-state index is -4.55. The van der Waals surface area contributed by atoms with Crippen molar-refractivity contribution in [2.45, 2.75) is 26.1 Å². The van der Waals surface area contributed by atoms with Gasteiger partial charge in [-0.3, -0.25) is 19.7 Å². The highest BCUT2D eigenvalue weighted by atomic mass is 19.4. The lowest BCUT2D eigenvalue weighted by molar-refractivity contribution is -0.384. The number of nitro groups is 1. The molecule has 0 radical (unpaired) electrons. The minimum absolute atomic E-state index is 0.0484. The fourth-order valence-electron chi connectivity index (χ4n) is 3.70.